The zero-order valence-corrected chi connectivity index (χ0v) is 11.3. The zero-order chi connectivity index (χ0) is 12.8. The van der Waals surface area contributed by atoms with Gasteiger partial charge in [-0.15, -0.1) is 0 Å². The molecule has 1 aromatic heterocycles. The van der Waals surface area contributed by atoms with Gasteiger partial charge in [0.25, 0.3) is 5.91 Å². The normalized spacial score (nSPS) is 16.4. The molecule has 0 bridgehead atoms. The van der Waals surface area contributed by atoms with Gasteiger partial charge in [-0.05, 0) is 18.8 Å². The van der Waals surface area contributed by atoms with Crippen LogP contribution in [0.5, 0.6) is 0 Å². The molecule has 2 rings (SSSR count). The van der Waals surface area contributed by atoms with E-state index in [-0.39, 0.29) is 5.91 Å². The molecule has 4 heteroatoms. The van der Waals surface area contributed by atoms with Crippen molar-refractivity contribution in [3.8, 4) is 0 Å². The number of likely N-dealkylation sites (tertiary alicyclic amines) is 1. The van der Waals surface area contributed by atoms with Crippen molar-refractivity contribution in [2.45, 2.75) is 33.6 Å². The second-order valence-corrected chi connectivity index (χ2v) is 4.36. The molecule has 1 aromatic rings. The molecule has 0 radical (unpaired) electrons. The third-order valence-electron chi connectivity index (χ3n) is 3.11. The van der Waals surface area contributed by atoms with E-state index < -0.39 is 0 Å². The number of carbonyl (C=O) groups excluding carboxylic acids is 1. The first-order valence-electron chi connectivity index (χ1n) is 6.44. The van der Waals surface area contributed by atoms with Gasteiger partial charge in [-0.3, -0.25) is 4.79 Å². The van der Waals surface area contributed by atoms with Crippen LogP contribution in [-0.2, 0) is 7.05 Å². The van der Waals surface area contributed by atoms with E-state index in [0.717, 1.165) is 31.8 Å². The fraction of sp³-hybridized carbons (Fsp3) is 0.692. The largest absolute Gasteiger partial charge is 0.337 e. The lowest BCUT2D eigenvalue weighted by Gasteiger charge is -2.30. The van der Waals surface area contributed by atoms with Crippen molar-refractivity contribution in [3.63, 3.8) is 0 Å². The highest BCUT2D eigenvalue weighted by Gasteiger charge is 2.22. The summed E-state index contributed by atoms with van der Waals surface area (Å²) in [6, 6.07) is 0. The minimum Gasteiger partial charge on any atom is -0.337 e. The SMILES string of the molecule is CC.CC1CCN(C(=O)c2cncn2C)CC1. The second kappa shape index (κ2) is 6.42. The molecule has 0 saturated carbocycles. The summed E-state index contributed by atoms with van der Waals surface area (Å²) in [5.41, 5.74) is 0.685. The molecule has 0 unspecified atom stereocenters. The average molecular weight is 237 g/mol. The van der Waals surface area contributed by atoms with Crippen molar-refractivity contribution in [1.29, 1.82) is 0 Å². The summed E-state index contributed by atoms with van der Waals surface area (Å²) in [4.78, 5) is 17.9. The first-order valence-corrected chi connectivity index (χ1v) is 6.44. The fourth-order valence-corrected chi connectivity index (χ4v) is 1.94. The van der Waals surface area contributed by atoms with Crippen LogP contribution in [-0.4, -0.2) is 33.4 Å². The van der Waals surface area contributed by atoms with Gasteiger partial charge < -0.3 is 9.47 Å². The molecular formula is C13H23N3O. The molecule has 1 amide bonds. The molecule has 0 aliphatic carbocycles. The van der Waals surface area contributed by atoms with Gasteiger partial charge in [0, 0.05) is 20.1 Å². The van der Waals surface area contributed by atoms with Crippen LogP contribution in [0, 0.1) is 5.92 Å². The van der Waals surface area contributed by atoms with Gasteiger partial charge in [0.05, 0.1) is 12.5 Å². The predicted molar refractivity (Wildman–Crippen MR) is 68.9 cm³/mol. The number of aryl methyl sites for hydroxylation is 1. The zero-order valence-electron chi connectivity index (χ0n) is 11.3. The van der Waals surface area contributed by atoms with Gasteiger partial charge in [-0.1, -0.05) is 20.8 Å². The lowest BCUT2D eigenvalue weighted by atomic mass is 9.99. The number of hydrogen-bond donors (Lipinski definition) is 0. The molecule has 0 aromatic carbocycles. The highest BCUT2D eigenvalue weighted by Crippen LogP contribution is 2.17. The van der Waals surface area contributed by atoms with Crippen molar-refractivity contribution in [1.82, 2.24) is 14.5 Å². The Morgan fingerprint density at radius 2 is 1.94 bits per heavy atom. The van der Waals surface area contributed by atoms with Crippen molar-refractivity contribution >= 4 is 5.91 Å². The first kappa shape index (κ1) is 13.7. The number of rotatable bonds is 1. The van der Waals surface area contributed by atoms with E-state index in [2.05, 4.69) is 11.9 Å². The summed E-state index contributed by atoms with van der Waals surface area (Å²) in [5.74, 6) is 0.863. The lowest BCUT2D eigenvalue weighted by Crippen LogP contribution is -2.38. The lowest BCUT2D eigenvalue weighted by molar-refractivity contribution is 0.0687. The van der Waals surface area contributed by atoms with Crippen LogP contribution in [0.2, 0.25) is 0 Å². The number of carbonyl (C=O) groups is 1. The van der Waals surface area contributed by atoms with Crippen molar-refractivity contribution in [2.75, 3.05) is 13.1 Å². The van der Waals surface area contributed by atoms with Crippen LogP contribution < -0.4 is 0 Å². The highest BCUT2D eigenvalue weighted by atomic mass is 16.2. The Morgan fingerprint density at radius 1 is 1.35 bits per heavy atom. The average Bonchev–Trinajstić information content (AvgIpc) is 2.78. The highest BCUT2D eigenvalue weighted by molar-refractivity contribution is 5.92. The van der Waals surface area contributed by atoms with Crippen molar-refractivity contribution in [3.05, 3.63) is 18.2 Å². The molecule has 96 valence electrons. The molecule has 2 heterocycles. The van der Waals surface area contributed by atoms with Crippen LogP contribution in [0.1, 0.15) is 44.1 Å². The minimum absolute atomic E-state index is 0.113. The molecular weight excluding hydrogens is 214 g/mol. The molecule has 0 spiro atoms. The van der Waals surface area contributed by atoms with E-state index in [9.17, 15) is 4.79 Å². The Balaban J connectivity index is 0.000000686. The summed E-state index contributed by atoms with van der Waals surface area (Å²) < 4.78 is 1.78. The Kier molecular flexibility index (Phi) is 5.19. The van der Waals surface area contributed by atoms with Crippen molar-refractivity contribution in [2.24, 2.45) is 13.0 Å². The number of imidazole rings is 1. The fourth-order valence-electron chi connectivity index (χ4n) is 1.94. The van der Waals surface area contributed by atoms with Crippen LogP contribution in [0.4, 0.5) is 0 Å². The Morgan fingerprint density at radius 3 is 2.41 bits per heavy atom. The van der Waals surface area contributed by atoms with E-state index in [1.807, 2.05) is 25.8 Å². The number of piperidine rings is 1. The molecule has 1 aliphatic heterocycles. The van der Waals surface area contributed by atoms with E-state index in [4.69, 9.17) is 0 Å². The Bertz CT molecular complexity index is 351. The molecule has 0 atom stereocenters. The minimum atomic E-state index is 0.113. The second-order valence-electron chi connectivity index (χ2n) is 4.36. The van der Waals surface area contributed by atoms with E-state index in [1.54, 1.807) is 17.1 Å². The van der Waals surface area contributed by atoms with Crippen LogP contribution in [0.15, 0.2) is 12.5 Å². The standard InChI is InChI=1S/C11H17N3O.C2H6/c1-9-3-5-14(6-4-9)11(15)10-7-12-8-13(10)2;1-2/h7-9H,3-6H2,1-2H3;1-2H3. The van der Waals surface area contributed by atoms with Gasteiger partial charge in [0.15, 0.2) is 0 Å². The third-order valence-corrected chi connectivity index (χ3v) is 3.11. The van der Waals surface area contributed by atoms with Gasteiger partial charge in [-0.2, -0.15) is 0 Å². The topological polar surface area (TPSA) is 38.1 Å². The molecule has 1 saturated heterocycles. The number of amides is 1. The van der Waals surface area contributed by atoms with Crippen LogP contribution >= 0.6 is 0 Å². The molecule has 0 N–H and O–H groups in total. The summed E-state index contributed by atoms with van der Waals surface area (Å²) in [7, 11) is 1.85. The quantitative estimate of drug-likeness (QED) is 0.751. The smallest absolute Gasteiger partial charge is 0.272 e. The monoisotopic (exact) mass is 237 g/mol. The first-order chi connectivity index (χ1) is 8.18. The summed E-state index contributed by atoms with van der Waals surface area (Å²) in [5, 5.41) is 0. The van der Waals surface area contributed by atoms with E-state index in [1.165, 1.54) is 0 Å². The molecule has 17 heavy (non-hydrogen) atoms. The molecule has 4 nitrogen and oxygen atoms in total. The van der Waals surface area contributed by atoms with Gasteiger partial charge in [0.2, 0.25) is 0 Å². The Labute approximate surface area is 104 Å². The third kappa shape index (κ3) is 3.32. The summed E-state index contributed by atoms with van der Waals surface area (Å²) in [6.07, 6.45) is 5.54. The maximum absolute atomic E-state index is 12.1. The van der Waals surface area contributed by atoms with Gasteiger partial charge in [-0.25, -0.2) is 4.98 Å². The number of aromatic nitrogens is 2. The summed E-state index contributed by atoms with van der Waals surface area (Å²) in [6.45, 7) is 8.00. The maximum Gasteiger partial charge on any atom is 0.272 e. The molecule has 1 aliphatic rings. The molecule has 1 fully saturated rings. The maximum atomic E-state index is 12.1. The van der Waals surface area contributed by atoms with E-state index >= 15 is 0 Å². The van der Waals surface area contributed by atoms with Gasteiger partial charge in [0.1, 0.15) is 5.69 Å². The summed E-state index contributed by atoms with van der Waals surface area (Å²) >= 11 is 0. The van der Waals surface area contributed by atoms with Gasteiger partial charge >= 0.3 is 0 Å². The van der Waals surface area contributed by atoms with Crippen LogP contribution in [0.25, 0.3) is 0 Å². The predicted octanol–water partition coefficient (Wildman–Crippen LogP) is 2.32. The van der Waals surface area contributed by atoms with E-state index in [0.29, 0.717) is 5.69 Å². The van der Waals surface area contributed by atoms with Crippen molar-refractivity contribution < 1.29 is 4.79 Å². The van der Waals surface area contributed by atoms with Crippen LogP contribution in [0.3, 0.4) is 0 Å². The Hall–Kier alpha value is -1.32. The number of hydrogen-bond acceptors (Lipinski definition) is 2. The number of nitrogens with zero attached hydrogens (tertiary/aromatic N) is 3.